The van der Waals surface area contributed by atoms with E-state index in [-0.39, 0.29) is 12.3 Å². The molecule has 114 valence electrons. The normalized spacial score (nSPS) is 17.2. The predicted octanol–water partition coefficient (Wildman–Crippen LogP) is 3.16. The number of hydrogen-bond donors (Lipinski definition) is 2. The van der Waals surface area contributed by atoms with Gasteiger partial charge in [0.25, 0.3) is 5.91 Å². The third kappa shape index (κ3) is 3.84. The minimum atomic E-state index is -0.846. The van der Waals surface area contributed by atoms with Crippen LogP contribution in [0.3, 0.4) is 0 Å². The molecule has 1 aromatic carbocycles. The van der Waals surface area contributed by atoms with Crippen LogP contribution in [0.15, 0.2) is 24.3 Å². The fourth-order valence-electron chi connectivity index (χ4n) is 3.22. The van der Waals surface area contributed by atoms with Gasteiger partial charge < -0.3 is 10.4 Å². The summed E-state index contributed by atoms with van der Waals surface area (Å²) in [5.41, 5.74) is 1.08. The number of aryl methyl sites for hydroxylation is 1. The Morgan fingerprint density at radius 2 is 1.86 bits per heavy atom. The summed E-state index contributed by atoms with van der Waals surface area (Å²) in [6.45, 7) is 2.01. The van der Waals surface area contributed by atoms with E-state index in [1.54, 1.807) is 0 Å². The lowest BCUT2D eigenvalue weighted by molar-refractivity contribution is -0.139. The highest BCUT2D eigenvalue weighted by atomic mass is 16.4. The Morgan fingerprint density at radius 1 is 1.19 bits per heavy atom. The van der Waals surface area contributed by atoms with Gasteiger partial charge in [-0.25, -0.2) is 0 Å². The van der Waals surface area contributed by atoms with Gasteiger partial charge in [0, 0.05) is 5.56 Å². The summed E-state index contributed by atoms with van der Waals surface area (Å²) in [6.07, 6.45) is 5.36. The van der Waals surface area contributed by atoms with E-state index in [4.69, 9.17) is 5.11 Å². The summed E-state index contributed by atoms with van der Waals surface area (Å²) in [5, 5.41) is 12.2. The molecule has 1 fully saturated rings. The number of rotatable bonds is 5. The molecule has 2 N–H and O–H groups in total. The number of carbonyl (C=O) groups is 2. The number of nitrogens with one attached hydrogen (secondary N) is 1. The standard InChI is InChI=1S/C17H23NO3/c1-2-13-8-4-5-9-14(13)16(21)18-17(12-15(19)20)10-6-3-7-11-17/h4-5,8-9H,2-3,6-7,10-12H2,1H3,(H,18,21)(H,19,20). The van der Waals surface area contributed by atoms with E-state index in [9.17, 15) is 9.59 Å². The SMILES string of the molecule is CCc1ccccc1C(=O)NC1(CC(=O)O)CCCCC1. The van der Waals surface area contributed by atoms with Crippen molar-refractivity contribution in [1.82, 2.24) is 5.32 Å². The third-order valence-corrected chi connectivity index (χ3v) is 4.32. The van der Waals surface area contributed by atoms with Crippen LogP contribution in [0.25, 0.3) is 0 Å². The average molecular weight is 289 g/mol. The van der Waals surface area contributed by atoms with Crippen LogP contribution in [0.4, 0.5) is 0 Å². The molecule has 21 heavy (non-hydrogen) atoms. The first kappa shape index (κ1) is 15.5. The van der Waals surface area contributed by atoms with Crippen molar-refractivity contribution in [1.29, 1.82) is 0 Å². The van der Waals surface area contributed by atoms with Gasteiger partial charge in [0.1, 0.15) is 0 Å². The second-order valence-corrected chi connectivity index (χ2v) is 5.88. The highest BCUT2D eigenvalue weighted by molar-refractivity contribution is 5.96. The van der Waals surface area contributed by atoms with Gasteiger partial charge in [-0.15, -0.1) is 0 Å². The maximum atomic E-state index is 12.6. The molecule has 4 heteroatoms. The van der Waals surface area contributed by atoms with Crippen LogP contribution in [0.2, 0.25) is 0 Å². The summed E-state index contributed by atoms with van der Waals surface area (Å²) in [5.74, 6) is -0.989. The largest absolute Gasteiger partial charge is 0.481 e. The van der Waals surface area contributed by atoms with Crippen LogP contribution >= 0.6 is 0 Å². The number of benzene rings is 1. The van der Waals surface area contributed by atoms with Crippen molar-refractivity contribution in [2.45, 2.75) is 57.4 Å². The van der Waals surface area contributed by atoms with Crippen LogP contribution in [0.1, 0.15) is 61.4 Å². The molecule has 0 heterocycles. The van der Waals surface area contributed by atoms with Gasteiger partial charge >= 0.3 is 5.97 Å². The molecule has 4 nitrogen and oxygen atoms in total. The van der Waals surface area contributed by atoms with E-state index in [0.29, 0.717) is 5.56 Å². The smallest absolute Gasteiger partial charge is 0.305 e. The fraction of sp³-hybridized carbons (Fsp3) is 0.529. The molecular weight excluding hydrogens is 266 g/mol. The fourth-order valence-corrected chi connectivity index (χ4v) is 3.22. The van der Waals surface area contributed by atoms with Crippen molar-refractivity contribution in [2.24, 2.45) is 0 Å². The number of aliphatic carboxylic acids is 1. The molecule has 1 aliphatic carbocycles. The van der Waals surface area contributed by atoms with Crippen molar-refractivity contribution < 1.29 is 14.7 Å². The molecule has 0 saturated heterocycles. The highest BCUT2D eigenvalue weighted by Gasteiger charge is 2.36. The number of carbonyl (C=O) groups excluding carboxylic acids is 1. The first-order valence-electron chi connectivity index (χ1n) is 7.68. The Kier molecular flexibility index (Phi) is 4.99. The molecule has 0 aromatic heterocycles. The van der Waals surface area contributed by atoms with E-state index in [1.807, 2.05) is 31.2 Å². The van der Waals surface area contributed by atoms with E-state index in [0.717, 1.165) is 44.1 Å². The van der Waals surface area contributed by atoms with Crippen LogP contribution in [0, 0.1) is 0 Å². The lowest BCUT2D eigenvalue weighted by Crippen LogP contribution is -2.51. The molecule has 1 saturated carbocycles. The Bertz CT molecular complexity index is 519. The first-order valence-corrected chi connectivity index (χ1v) is 7.68. The molecule has 1 amide bonds. The first-order chi connectivity index (χ1) is 10.1. The van der Waals surface area contributed by atoms with Crippen molar-refractivity contribution in [3.8, 4) is 0 Å². The Morgan fingerprint density at radius 3 is 2.48 bits per heavy atom. The molecule has 0 aliphatic heterocycles. The Labute approximate surface area is 125 Å². The molecule has 0 radical (unpaired) electrons. The van der Waals surface area contributed by atoms with Crippen LogP contribution < -0.4 is 5.32 Å². The summed E-state index contributed by atoms with van der Waals surface area (Å²) in [6, 6.07) is 7.52. The second-order valence-electron chi connectivity index (χ2n) is 5.88. The summed E-state index contributed by atoms with van der Waals surface area (Å²) >= 11 is 0. The van der Waals surface area contributed by atoms with E-state index in [1.165, 1.54) is 0 Å². The minimum Gasteiger partial charge on any atom is -0.481 e. The third-order valence-electron chi connectivity index (χ3n) is 4.32. The number of carboxylic acid groups (broad SMARTS) is 1. The number of hydrogen-bond acceptors (Lipinski definition) is 2. The van der Waals surface area contributed by atoms with E-state index in [2.05, 4.69) is 5.32 Å². The molecular formula is C17H23NO3. The van der Waals surface area contributed by atoms with Gasteiger partial charge in [-0.05, 0) is 30.9 Å². The van der Waals surface area contributed by atoms with Crippen molar-refractivity contribution >= 4 is 11.9 Å². The molecule has 0 unspecified atom stereocenters. The predicted molar refractivity (Wildman–Crippen MR) is 81.4 cm³/mol. The zero-order valence-electron chi connectivity index (χ0n) is 12.5. The minimum absolute atomic E-state index is 0.00698. The Hall–Kier alpha value is -1.84. The zero-order chi connectivity index (χ0) is 15.3. The molecule has 1 aliphatic rings. The van der Waals surface area contributed by atoms with Gasteiger partial charge in [-0.3, -0.25) is 9.59 Å². The molecule has 1 aromatic rings. The van der Waals surface area contributed by atoms with Crippen LogP contribution in [0.5, 0.6) is 0 Å². The molecule has 0 atom stereocenters. The van der Waals surface area contributed by atoms with Gasteiger partial charge in [-0.2, -0.15) is 0 Å². The summed E-state index contributed by atoms with van der Waals surface area (Å²) in [7, 11) is 0. The van der Waals surface area contributed by atoms with Crippen LogP contribution in [-0.4, -0.2) is 22.5 Å². The summed E-state index contributed by atoms with van der Waals surface area (Å²) in [4.78, 5) is 23.7. The Balaban J connectivity index is 2.19. The maximum absolute atomic E-state index is 12.6. The van der Waals surface area contributed by atoms with Gasteiger partial charge in [0.15, 0.2) is 0 Å². The average Bonchev–Trinajstić information content (AvgIpc) is 2.47. The number of carboxylic acids is 1. The molecule has 0 bridgehead atoms. The summed E-state index contributed by atoms with van der Waals surface area (Å²) < 4.78 is 0. The maximum Gasteiger partial charge on any atom is 0.305 e. The topological polar surface area (TPSA) is 66.4 Å². The van der Waals surface area contributed by atoms with Crippen LogP contribution in [-0.2, 0) is 11.2 Å². The number of amides is 1. The van der Waals surface area contributed by atoms with Crippen molar-refractivity contribution in [2.75, 3.05) is 0 Å². The van der Waals surface area contributed by atoms with Crippen molar-refractivity contribution in [3.63, 3.8) is 0 Å². The van der Waals surface area contributed by atoms with Crippen molar-refractivity contribution in [3.05, 3.63) is 35.4 Å². The lowest BCUT2D eigenvalue weighted by atomic mass is 9.79. The molecule has 0 spiro atoms. The lowest BCUT2D eigenvalue weighted by Gasteiger charge is -2.37. The van der Waals surface area contributed by atoms with Gasteiger partial charge in [0.2, 0.25) is 0 Å². The van der Waals surface area contributed by atoms with Gasteiger partial charge in [0.05, 0.1) is 12.0 Å². The van der Waals surface area contributed by atoms with E-state index < -0.39 is 11.5 Å². The quantitative estimate of drug-likeness (QED) is 0.875. The van der Waals surface area contributed by atoms with Gasteiger partial charge in [-0.1, -0.05) is 44.4 Å². The molecule has 2 rings (SSSR count). The zero-order valence-corrected chi connectivity index (χ0v) is 12.5. The monoisotopic (exact) mass is 289 g/mol. The van der Waals surface area contributed by atoms with E-state index >= 15 is 0 Å². The second kappa shape index (κ2) is 6.74. The highest BCUT2D eigenvalue weighted by Crippen LogP contribution is 2.31.